The van der Waals surface area contributed by atoms with E-state index < -0.39 is 10.0 Å². The molecule has 0 unspecified atom stereocenters. The molecule has 1 saturated heterocycles. The van der Waals surface area contributed by atoms with Crippen LogP contribution in [0.4, 0.5) is 0 Å². The van der Waals surface area contributed by atoms with Gasteiger partial charge in [-0.25, -0.2) is 8.42 Å². The lowest BCUT2D eigenvalue weighted by atomic mass is 10.2. The van der Waals surface area contributed by atoms with Crippen LogP contribution in [-0.2, 0) is 14.8 Å². The predicted molar refractivity (Wildman–Crippen MR) is 109 cm³/mol. The molecule has 1 aliphatic heterocycles. The summed E-state index contributed by atoms with van der Waals surface area (Å²) in [6.07, 6.45) is 3.19. The second-order valence-electron chi connectivity index (χ2n) is 6.26. The molecule has 1 fully saturated rings. The highest BCUT2D eigenvalue weighted by atomic mass is 35.5. The summed E-state index contributed by atoms with van der Waals surface area (Å²) in [4.78, 5) is 14.3. The molecule has 148 valence electrons. The monoisotopic (exact) mass is 420 g/mol. The molecule has 1 amide bonds. The predicted octanol–water partition coefficient (Wildman–Crippen LogP) is 2.89. The van der Waals surface area contributed by atoms with Crippen molar-refractivity contribution in [1.82, 2.24) is 9.21 Å². The molecule has 0 bridgehead atoms. The molecule has 0 radical (unpaired) electrons. The summed E-state index contributed by atoms with van der Waals surface area (Å²) in [5.41, 5.74) is 0.808. The van der Waals surface area contributed by atoms with Crippen LogP contribution in [0, 0.1) is 0 Å². The quantitative estimate of drug-likeness (QED) is 0.697. The molecule has 0 saturated carbocycles. The van der Waals surface area contributed by atoms with Crippen molar-refractivity contribution in [2.24, 2.45) is 0 Å². The Balaban J connectivity index is 1.62. The summed E-state index contributed by atoms with van der Waals surface area (Å²) in [7, 11) is -2.01. The highest BCUT2D eigenvalue weighted by Crippen LogP contribution is 2.21. The first-order chi connectivity index (χ1) is 13.4. The van der Waals surface area contributed by atoms with E-state index in [0.29, 0.717) is 23.9 Å². The molecule has 28 heavy (non-hydrogen) atoms. The Labute approximate surface area is 170 Å². The lowest BCUT2D eigenvalue weighted by molar-refractivity contribution is -0.127. The zero-order chi connectivity index (χ0) is 20.1. The molecule has 0 atom stereocenters. The van der Waals surface area contributed by atoms with Gasteiger partial charge in [0.25, 0.3) is 0 Å². The van der Waals surface area contributed by atoms with E-state index in [2.05, 4.69) is 0 Å². The standard InChI is InChI=1S/C20H21ClN2O4S/c1-27-19-5-3-2-4-16(19)6-11-20(24)22-12-14-23(15-13-22)28(25,26)18-9-7-17(21)8-10-18/h2-11H,12-15H2,1H3/b11-6+. The molecule has 6 nitrogen and oxygen atoms in total. The van der Waals surface area contributed by atoms with Crippen molar-refractivity contribution in [3.8, 4) is 5.75 Å². The Hall–Kier alpha value is -2.35. The van der Waals surface area contributed by atoms with Crippen molar-refractivity contribution in [3.63, 3.8) is 0 Å². The number of nitrogens with zero attached hydrogens (tertiary/aromatic N) is 2. The van der Waals surface area contributed by atoms with Crippen LogP contribution in [0.1, 0.15) is 5.56 Å². The zero-order valence-electron chi connectivity index (χ0n) is 15.4. The molecule has 0 N–H and O–H groups in total. The summed E-state index contributed by atoms with van der Waals surface area (Å²) in [6.45, 7) is 1.17. The van der Waals surface area contributed by atoms with Gasteiger partial charge in [0.05, 0.1) is 12.0 Å². The number of methoxy groups -OCH3 is 1. The number of piperazine rings is 1. The van der Waals surface area contributed by atoms with Gasteiger partial charge in [-0.15, -0.1) is 0 Å². The van der Waals surface area contributed by atoms with Crippen molar-refractivity contribution in [2.75, 3.05) is 33.3 Å². The van der Waals surface area contributed by atoms with Gasteiger partial charge in [-0.2, -0.15) is 4.31 Å². The Morgan fingerprint density at radius 3 is 2.32 bits per heavy atom. The average molecular weight is 421 g/mol. The first kappa shape index (κ1) is 20.4. The normalized spacial score (nSPS) is 15.7. The minimum absolute atomic E-state index is 0.158. The van der Waals surface area contributed by atoms with Crippen LogP contribution in [0.15, 0.2) is 59.5 Å². The van der Waals surface area contributed by atoms with Gasteiger partial charge in [0.15, 0.2) is 0 Å². The molecule has 0 spiro atoms. The van der Waals surface area contributed by atoms with Gasteiger partial charge in [0.2, 0.25) is 15.9 Å². The van der Waals surface area contributed by atoms with Gasteiger partial charge in [0, 0.05) is 42.8 Å². The maximum atomic E-state index is 12.7. The number of para-hydroxylation sites is 1. The molecule has 1 heterocycles. The number of amides is 1. The van der Waals surface area contributed by atoms with Gasteiger partial charge in [-0.3, -0.25) is 4.79 Å². The second-order valence-corrected chi connectivity index (χ2v) is 8.63. The lowest BCUT2D eigenvalue weighted by Gasteiger charge is -2.33. The van der Waals surface area contributed by atoms with Crippen LogP contribution in [0.3, 0.4) is 0 Å². The van der Waals surface area contributed by atoms with Gasteiger partial charge in [0.1, 0.15) is 5.75 Å². The van der Waals surface area contributed by atoms with Crippen LogP contribution in [-0.4, -0.2) is 56.8 Å². The number of carbonyl (C=O) groups is 1. The van der Waals surface area contributed by atoms with Gasteiger partial charge < -0.3 is 9.64 Å². The lowest BCUT2D eigenvalue weighted by Crippen LogP contribution is -2.50. The molecule has 0 aromatic heterocycles. The Morgan fingerprint density at radius 2 is 1.68 bits per heavy atom. The highest BCUT2D eigenvalue weighted by Gasteiger charge is 2.29. The van der Waals surface area contributed by atoms with E-state index in [9.17, 15) is 13.2 Å². The second kappa shape index (κ2) is 8.77. The van der Waals surface area contributed by atoms with Crippen molar-refractivity contribution in [1.29, 1.82) is 0 Å². The van der Waals surface area contributed by atoms with E-state index in [1.165, 1.54) is 22.5 Å². The van der Waals surface area contributed by atoms with E-state index >= 15 is 0 Å². The summed E-state index contributed by atoms with van der Waals surface area (Å²) in [6, 6.07) is 13.5. The smallest absolute Gasteiger partial charge is 0.246 e. The first-order valence-corrected chi connectivity index (χ1v) is 10.6. The Bertz CT molecular complexity index is 966. The topological polar surface area (TPSA) is 66.9 Å². The first-order valence-electron chi connectivity index (χ1n) is 8.77. The van der Waals surface area contributed by atoms with Crippen molar-refractivity contribution in [2.45, 2.75) is 4.90 Å². The number of ether oxygens (including phenoxy) is 1. The minimum atomic E-state index is -3.59. The third-order valence-corrected chi connectivity index (χ3v) is 6.71. The maximum Gasteiger partial charge on any atom is 0.246 e. The van der Waals surface area contributed by atoms with E-state index in [1.807, 2.05) is 24.3 Å². The van der Waals surface area contributed by atoms with Crippen molar-refractivity contribution < 1.29 is 17.9 Å². The molecule has 2 aromatic carbocycles. The molecular formula is C20H21ClN2O4S. The molecule has 3 rings (SSSR count). The highest BCUT2D eigenvalue weighted by molar-refractivity contribution is 7.89. The summed E-state index contributed by atoms with van der Waals surface area (Å²) < 4.78 is 32.1. The Morgan fingerprint density at radius 1 is 1.04 bits per heavy atom. The largest absolute Gasteiger partial charge is 0.496 e. The zero-order valence-corrected chi connectivity index (χ0v) is 17.0. The van der Waals surface area contributed by atoms with Crippen LogP contribution in [0.25, 0.3) is 6.08 Å². The van der Waals surface area contributed by atoms with Crippen LogP contribution in [0.5, 0.6) is 5.75 Å². The van der Waals surface area contributed by atoms with Crippen molar-refractivity contribution >= 4 is 33.6 Å². The fourth-order valence-corrected chi connectivity index (χ4v) is 4.52. The van der Waals surface area contributed by atoms with Crippen molar-refractivity contribution in [3.05, 3.63) is 65.2 Å². The number of hydrogen-bond donors (Lipinski definition) is 0. The van der Waals surface area contributed by atoms with E-state index in [1.54, 1.807) is 30.2 Å². The fraction of sp³-hybridized carbons (Fsp3) is 0.250. The molecule has 8 heteroatoms. The van der Waals surface area contributed by atoms with Gasteiger partial charge in [-0.1, -0.05) is 29.8 Å². The third kappa shape index (κ3) is 4.55. The summed E-state index contributed by atoms with van der Waals surface area (Å²) in [5, 5.41) is 0.483. The Kier molecular flexibility index (Phi) is 6.39. The number of carbonyl (C=O) groups excluding carboxylic acids is 1. The molecular weight excluding hydrogens is 400 g/mol. The summed E-state index contributed by atoms with van der Waals surface area (Å²) in [5.74, 6) is 0.528. The summed E-state index contributed by atoms with van der Waals surface area (Å²) >= 11 is 5.83. The molecule has 2 aromatic rings. The molecule has 1 aliphatic rings. The van der Waals surface area contributed by atoms with Gasteiger partial charge >= 0.3 is 0 Å². The number of hydrogen-bond acceptors (Lipinski definition) is 4. The number of sulfonamides is 1. The molecule has 0 aliphatic carbocycles. The van der Waals surface area contributed by atoms with Crippen LogP contribution < -0.4 is 4.74 Å². The number of rotatable bonds is 5. The van der Waals surface area contributed by atoms with Gasteiger partial charge in [-0.05, 0) is 36.4 Å². The number of halogens is 1. The SMILES string of the molecule is COc1ccccc1/C=C/C(=O)N1CCN(S(=O)(=O)c2ccc(Cl)cc2)CC1. The average Bonchev–Trinajstić information content (AvgIpc) is 2.72. The third-order valence-electron chi connectivity index (χ3n) is 4.55. The maximum absolute atomic E-state index is 12.7. The van der Waals surface area contributed by atoms with Crippen LogP contribution >= 0.6 is 11.6 Å². The van der Waals surface area contributed by atoms with Crippen LogP contribution in [0.2, 0.25) is 5.02 Å². The van der Waals surface area contributed by atoms with E-state index in [0.717, 1.165) is 5.56 Å². The van der Waals surface area contributed by atoms with E-state index in [-0.39, 0.29) is 23.9 Å². The van der Waals surface area contributed by atoms with E-state index in [4.69, 9.17) is 16.3 Å². The minimum Gasteiger partial charge on any atom is -0.496 e. The number of benzene rings is 2. The fourth-order valence-electron chi connectivity index (χ4n) is 2.98.